The molecule has 0 heterocycles. The Morgan fingerprint density at radius 2 is 1.47 bits per heavy atom. The van der Waals surface area contributed by atoms with Crippen molar-refractivity contribution >= 4 is 23.2 Å². The summed E-state index contributed by atoms with van der Waals surface area (Å²) in [6.07, 6.45) is -12.7. The minimum Gasteiger partial charge on any atom is -0.382 e. The van der Waals surface area contributed by atoms with Gasteiger partial charge in [0.15, 0.2) is 5.82 Å². The molecule has 0 aliphatic heterocycles. The molecule has 0 spiro atoms. The third-order valence-corrected chi connectivity index (χ3v) is 4.88. The molecule has 0 aromatic heterocycles. The predicted octanol–water partition coefficient (Wildman–Crippen LogP) is 5.27. The number of hydrogen-bond acceptors (Lipinski definition) is 3. The maximum atomic E-state index is 14.7. The summed E-state index contributed by atoms with van der Waals surface area (Å²) in [6, 6.07) is 4.30. The number of amides is 2. The molecule has 0 bridgehead atoms. The van der Waals surface area contributed by atoms with Gasteiger partial charge in [-0.1, -0.05) is 18.2 Å². The van der Waals surface area contributed by atoms with Crippen molar-refractivity contribution in [1.29, 1.82) is 0 Å². The number of carbonyl (C=O) groups is 2. The van der Waals surface area contributed by atoms with Crippen LogP contribution in [0.1, 0.15) is 33.5 Å². The van der Waals surface area contributed by atoms with Crippen molar-refractivity contribution in [2.75, 3.05) is 17.2 Å². The first-order valence-electron chi connectivity index (χ1n) is 9.56. The zero-order chi connectivity index (χ0) is 26.1. The van der Waals surface area contributed by atoms with Crippen LogP contribution < -0.4 is 16.4 Å². The van der Waals surface area contributed by atoms with Crippen LogP contribution in [0.5, 0.6) is 0 Å². The van der Waals surface area contributed by atoms with Crippen LogP contribution in [0.25, 0.3) is 0 Å². The first-order valence-corrected chi connectivity index (χ1v) is 9.56. The van der Waals surface area contributed by atoms with E-state index in [9.17, 15) is 44.7 Å². The summed E-state index contributed by atoms with van der Waals surface area (Å²) in [6.45, 7) is 2.11. The quantitative estimate of drug-likeness (QED) is 0.456. The number of aryl methyl sites for hydroxylation is 2. The third-order valence-electron chi connectivity index (χ3n) is 4.88. The third kappa shape index (κ3) is 5.23. The van der Waals surface area contributed by atoms with E-state index in [0.29, 0.717) is 12.1 Å². The highest BCUT2D eigenvalue weighted by Gasteiger charge is 2.73. The largest absolute Gasteiger partial charge is 0.435 e. The van der Waals surface area contributed by atoms with E-state index in [4.69, 9.17) is 5.73 Å². The van der Waals surface area contributed by atoms with E-state index in [1.165, 1.54) is 12.1 Å². The van der Waals surface area contributed by atoms with Gasteiger partial charge in [0.2, 0.25) is 5.91 Å². The molecule has 2 aromatic carbocycles. The molecule has 2 rings (SSSR count). The van der Waals surface area contributed by atoms with Gasteiger partial charge in [0.1, 0.15) is 0 Å². The minimum absolute atomic E-state index is 0.0274. The predicted molar refractivity (Wildman–Crippen MR) is 107 cm³/mol. The van der Waals surface area contributed by atoms with Crippen molar-refractivity contribution in [3.63, 3.8) is 0 Å². The van der Waals surface area contributed by atoms with Crippen molar-refractivity contribution in [2.24, 2.45) is 5.73 Å². The van der Waals surface area contributed by atoms with Crippen molar-refractivity contribution < 1.29 is 44.7 Å². The van der Waals surface area contributed by atoms with E-state index in [1.807, 2.05) is 0 Å². The van der Waals surface area contributed by atoms with Crippen LogP contribution in [-0.2, 0) is 10.5 Å². The van der Waals surface area contributed by atoms with Crippen molar-refractivity contribution in [1.82, 2.24) is 0 Å². The number of hydrogen-bond donors (Lipinski definition) is 3. The zero-order valence-corrected chi connectivity index (χ0v) is 17.7. The Balaban J connectivity index is 2.39. The molecule has 0 aliphatic rings. The van der Waals surface area contributed by atoms with Gasteiger partial charge in [0.05, 0.1) is 11.3 Å². The van der Waals surface area contributed by atoms with Gasteiger partial charge in [0, 0.05) is 24.2 Å². The van der Waals surface area contributed by atoms with Crippen LogP contribution in [0.15, 0.2) is 30.3 Å². The molecule has 2 aromatic rings. The highest BCUT2D eigenvalue weighted by molar-refractivity contribution is 6.05. The van der Waals surface area contributed by atoms with E-state index >= 15 is 0 Å². The maximum absolute atomic E-state index is 14.7. The molecule has 4 N–H and O–H groups in total. The molecule has 0 unspecified atom stereocenters. The van der Waals surface area contributed by atoms with Crippen LogP contribution >= 0.6 is 0 Å². The molecule has 5 nitrogen and oxygen atoms in total. The van der Waals surface area contributed by atoms with E-state index in [0.717, 1.165) is 19.9 Å². The molecule has 0 saturated heterocycles. The van der Waals surface area contributed by atoms with E-state index in [2.05, 4.69) is 10.6 Å². The van der Waals surface area contributed by atoms with E-state index in [1.54, 1.807) is 0 Å². The molecule has 0 atom stereocenters. The number of primary amides is 1. The normalized spacial score (nSPS) is 12.4. The molecule has 186 valence electrons. The van der Waals surface area contributed by atoms with Gasteiger partial charge >= 0.3 is 18.0 Å². The molecule has 34 heavy (non-hydrogen) atoms. The van der Waals surface area contributed by atoms with Gasteiger partial charge in [-0.25, -0.2) is 8.78 Å². The van der Waals surface area contributed by atoms with Gasteiger partial charge in [-0.2, -0.15) is 26.3 Å². The molecule has 2 amide bonds. The Morgan fingerprint density at radius 3 is 1.94 bits per heavy atom. The number of alkyl halides is 7. The lowest BCUT2D eigenvalue weighted by molar-refractivity contribution is -0.348. The van der Waals surface area contributed by atoms with Crippen molar-refractivity contribution in [2.45, 2.75) is 38.3 Å². The van der Waals surface area contributed by atoms with Crippen molar-refractivity contribution in [3.05, 3.63) is 58.4 Å². The monoisotopic (exact) mass is 497 g/mol. The molecule has 0 saturated carbocycles. The highest BCUT2D eigenvalue weighted by Crippen LogP contribution is 2.53. The summed E-state index contributed by atoms with van der Waals surface area (Å²) in [5.74, 6) is -2.73. The first kappa shape index (κ1) is 26.9. The average Bonchev–Trinajstić information content (AvgIpc) is 2.69. The van der Waals surface area contributed by atoms with Crippen LogP contribution in [0.4, 0.5) is 46.5 Å². The average molecular weight is 497 g/mol. The molecule has 0 aliphatic carbocycles. The lowest BCUT2D eigenvalue weighted by Gasteiger charge is -2.31. The summed E-state index contributed by atoms with van der Waals surface area (Å²) in [5, 5.41) is 4.80. The topological polar surface area (TPSA) is 84.2 Å². The van der Waals surface area contributed by atoms with Gasteiger partial charge in [-0.05, 0) is 37.1 Å². The molecule has 0 fully saturated rings. The number of halogens is 8. The number of rotatable bonds is 7. The molecular weight excluding hydrogens is 478 g/mol. The van der Waals surface area contributed by atoms with Crippen LogP contribution in [-0.4, -0.2) is 30.7 Å². The first-order chi connectivity index (χ1) is 15.5. The fourth-order valence-electron chi connectivity index (χ4n) is 3.19. The fourth-order valence-corrected chi connectivity index (χ4v) is 3.19. The van der Waals surface area contributed by atoms with Gasteiger partial charge in [-0.3, -0.25) is 9.59 Å². The summed E-state index contributed by atoms with van der Waals surface area (Å²) < 4.78 is 107. The standard InChI is InChI=1S/C21H19F8N3O2/c1-10-8-12(19(23,20(24,25)26)21(27,28)29)9-11(2)17(10)32-18(34)13-4-3-5-14(16(13)22)31-7-6-15(30)33/h3-5,8-9,31H,6-7H2,1-2H3,(H2,30,33)(H,32,34). The summed E-state index contributed by atoms with van der Waals surface area (Å²) in [7, 11) is 0. The summed E-state index contributed by atoms with van der Waals surface area (Å²) in [4.78, 5) is 23.4. The summed E-state index contributed by atoms with van der Waals surface area (Å²) >= 11 is 0. The molecule has 0 radical (unpaired) electrons. The van der Waals surface area contributed by atoms with Crippen LogP contribution in [0, 0.1) is 19.7 Å². The Bertz CT molecular complexity index is 1060. The van der Waals surface area contributed by atoms with E-state index in [-0.39, 0.29) is 35.5 Å². The second-order valence-corrected chi connectivity index (χ2v) is 7.40. The van der Waals surface area contributed by atoms with Gasteiger partial charge < -0.3 is 16.4 Å². The number of nitrogens with one attached hydrogen (secondary N) is 2. The summed E-state index contributed by atoms with van der Waals surface area (Å²) in [5.41, 5.74) is -3.83. The number of nitrogens with two attached hydrogens (primary N) is 1. The van der Waals surface area contributed by atoms with Crippen LogP contribution in [0.3, 0.4) is 0 Å². The van der Waals surface area contributed by atoms with E-state index < -0.39 is 46.8 Å². The Hall–Kier alpha value is -3.38. The molecular formula is C21H19F8N3O2. The van der Waals surface area contributed by atoms with Crippen molar-refractivity contribution in [3.8, 4) is 0 Å². The van der Waals surface area contributed by atoms with Gasteiger partial charge in [0.25, 0.3) is 5.91 Å². The fraction of sp³-hybridized carbons (Fsp3) is 0.333. The highest BCUT2D eigenvalue weighted by atomic mass is 19.4. The van der Waals surface area contributed by atoms with Gasteiger partial charge in [-0.15, -0.1) is 0 Å². The Labute approximate surface area is 188 Å². The smallest absolute Gasteiger partial charge is 0.382 e. The minimum atomic E-state index is -6.29. The zero-order valence-electron chi connectivity index (χ0n) is 17.7. The lowest BCUT2D eigenvalue weighted by atomic mass is 9.90. The Morgan fingerprint density at radius 1 is 0.941 bits per heavy atom. The second-order valence-electron chi connectivity index (χ2n) is 7.40. The number of anilines is 2. The Kier molecular flexibility index (Phi) is 7.48. The molecule has 13 heteroatoms. The van der Waals surface area contributed by atoms with Crippen LogP contribution in [0.2, 0.25) is 0 Å². The maximum Gasteiger partial charge on any atom is 0.435 e. The number of carbonyl (C=O) groups excluding carboxylic acids is 2. The lowest BCUT2D eigenvalue weighted by Crippen LogP contribution is -2.50. The second kappa shape index (κ2) is 9.47. The SMILES string of the molecule is Cc1cc(C(F)(C(F)(F)F)C(F)(F)F)cc(C)c1NC(=O)c1cccc(NCCC(N)=O)c1F. The number of benzene rings is 2.